The number of hydrogen-bond acceptors (Lipinski definition) is 7. The molecule has 1 aliphatic rings. The summed E-state index contributed by atoms with van der Waals surface area (Å²) in [4.78, 5) is 57.7. The average Bonchev–Trinajstić information content (AvgIpc) is 3.78. The van der Waals surface area contributed by atoms with E-state index in [1.165, 1.54) is 4.90 Å². The molecule has 12 heteroatoms. The molecule has 11 nitrogen and oxygen atoms in total. The first-order valence-corrected chi connectivity index (χ1v) is 16.1. The summed E-state index contributed by atoms with van der Waals surface area (Å²) in [5.41, 5.74) is 10.0. The summed E-state index contributed by atoms with van der Waals surface area (Å²) < 4.78 is 5.19. The third kappa shape index (κ3) is 8.73. The van der Waals surface area contributed by atoms with E-state index in [0.29, 0.717) is 28.6 Å². The second-order valence-electron chi connectivity index (χ2n) is 12.3. The maximum atomic E-state index is 13.7. The monoisotopic (exact) mass is 654 g/mol. The van der Waals surface area contributed by atoms with Crippen LogP contribution >= 0.6 is 11.3 Å². The van der Waals surface area contributed by atoms with Gasteiger partial charge in [0.1, 0.15) is 17.0 Å². The molecule has 1 heterocycles. The Morgan fingerprint density at radius 3 is 2.40 bits per heavy atom. The van der Waals surface area contributed by atoms with Crippen molar-refractivity contribution in [1.82, 2.24) is 15.6 Å². The number of aryl methyl sites for hydroxylation is 1. The number of carbonyl (C=O) groups excluding carboxylic acids is 4. The molecule has 0 radical (unpaired) electrons. The van der Waals surface area contributed by atoms with Gasteiger partial charge in [-0.05, 0) is 81.3 Å². The van der Waals surface area contributed by atoms with Crippen molar-refractivity contribution in [1.29, 1.82) is 0 Å². The van der Waals surface area contributed by atoms with Gasteiger partial charge in [-0.1, -0.05) is 65.9 Å². The van der Waals surface area contributed by atoms with E-state index < -0.39 is 23.6 Å². The fourth-order valence-corrected chi connectivity index (χ4v) is 5.91. The largest absolute Gasteiger partial charge is 0.444 e. The van der Waals surface area contributed by atoms with Gasteiger partial charge in [-0.2, -0.15) is 0 Å². The summed E-state index contributed by atoms with van der Waals surface area (Å²) in [6, 6.07) is 21.6. The third-order valence-electron chi connectivity index (χ3n) is 7.26. The fourth-order valence-electron chi connectivity index (χ4n) is 4.88. The van der Waals surface area contributed by atoms with Crippen LogP contribution in [0.1, 0.15) is 65.9 Å². The van der Waals surface area contributed by atoms with Gasteiger partial charge in [-0.15, -0.1) is 0 Å². The second-order valence-corrected chi connectivity index (χ2v) is 13.3. The number of nitrogens with zero attached hydrogens (tertiary/aromatic N) is 2. The zero-order chi connectivity index (χ0) is 33.7. The van der Waals surface area contributed by atoms with Crippen molar-refractivity contribution in [2.24, 2.45) is 5.73 Å². The Labute approximate surface area is 277 Å². The predicted octanol–water partition coefficient (Wildman–Crippen LogP) is 6.61. The molecule has 0 bridgehead atoms. The first-order valence-electron chi connectivity index (χ1n) is 15.3. The molecular weight excluding hydrogens is 616 g/mol. The highest BCUT2D eigenvalue weighted by Crippen LogP contribution is 2.43. The van der Waals surface area contributed by atoms with Gasteiger partial charge in [-0.3, -0.25) is 9.59 Å². The number of hydrogen-bond donors (Lipinski definition) is 4. The number of carbonyl (C=O) groups is 4. The highest BCUT2D eigenvalue weighted by Gasteiger charge is 2.29. The Bertz CT molecular complexity index is 1800. The summed E-state index contributed by atoms with van der Waals surface area (Å²) in [6.07, 6.45) is 1.48. The van der Waals surface area contributed by atoms with Gasteiger partial charge in [0.05, 0.1) is 11.4 Å². The van der Waals surface area contributed by atoms with Crippen LogP contribution in [0.25, 0.3) is 11.3 Å². The number of primary amides is 1. The molecule has 4 aromatic rings. The number of aromatic nitrogens is 1. The van der Waals surface area contributed by atoms with Crippen molar-refractivity contribution in [3.05, 3.63) is 94.4 Å². The molecule has 0 spiro atoms. The quantitative estimate of drug-likeness (QED) is 0.151. The first kappa shape index (κ1) is 33.1. The molecular formula is C35H38N6O5S. The van der Waals surface area contributed by atoms with Crippen LogP contribution in [0.4, 0.5) is 26.1 Å². The summed E-state index contributed by atoms with van der Waals surface area (Å²) in [6.45, 7) is 7.07. The van der Waals surface area contributed by atoms with E-state index in [1.54, 1.807) is 45.0 Å². The number of urea groups is 1. The number of benzene rings is 3. The molecule has 1 aliphatic carbocycles. The Morgan fingerprint density at radius 1 is 0.979 bits per heavy atom. The molecule has 1 saturated carbocycles. The number of alkyl carbamates (subject to hydrolysis) is 1. The lowest BCUT2D eigenvalue weighted by Crippen LogP contribution is -2.37. The van der Waals surface area contributed by atoms with Crippen LogP contribution in [0.5, 0.6) is 0 Å². The van der Waals surface area contributed by atoms with Crippen LogP contribution in [0.15, 0.2) is 72.8 Å². The van der Waals surface area contributed by atoms with Crippen molar-refractivity contribution in [2.45, 2.75) is 58.6 Å². The van der Waals surface area contributed by atoms with Gasteiger partial charge >= 0.3 is 12.1 Å². The number of nitrogens with one attached hydrogen (secondary N) is 3. The van der Waals surface area contributed by atoms with Crippen LogP contribution in [0.2, 0.25) is 0 Å². The molecule has 244 valence electrons. The van der Waals surface area contributed by atoms with E-state index in [0.717, 1.165) is 40.9 Å². The molecule has 3 aromatic carbocycles. The molecule has 47 heavy (non-hydrogen) atoms. The fraction of sp³-hybridized carbons (Fsp3) is 0.286. The summed E-state index contributed by atoms with van der Waals surface area (Å²) in [5.74, 6) is -0.400. The minimum absolute atomic E-state index is 0.240. The van der Waals surface area contributed by atoms with Crippen molar-refractivity contribution in [2.75, 3.05) is 16.8 Å². The highest BCUT2D eigenvalue weighted by molar-refractivity contribution is 7.18. The third-order valence-corrected chi connectivity index (χ3v) is 8.30. The summed E-state index contributed by atoms with van der Waals surface area (Å²) in [7, 11) is 0. The van der Waals surface area contributed by atoms with Gasteiger partial charge in [-0.25, -0.2) is 19.5 Å². The molecule has 5 rings (SSSR count). The number of ether oxygens (including phenoxy) is 1. The smallest absolute Gasteiger partial charge is 0.408 e. The minimum atomic E-state index is -0.726. The zero-order valence-electron chi connectivity index (χ0n) is 26.8. The SMILES string of the molecule is Cc1ccc(C2CC2)cc1N(C(N)=O)c1nc(-c2cccc(NC(=O)CNC(=O)OC(C)(C)C)c2)c(C(=O)NCc2ccccc2)s1. The Balaban J connectivity index is 1.46. The number of thiazole rings is 1. The molecule has 0 aliphatic heterocycles. The molecule has 5 N–H and O–H groups in total. The lowest BCUT2D eigenvalue weighted by molar-refractivity contribution is -0.115. The van der Waals surface area contributed by atoms with Crippen molar-refractivity contribution >= 4 is 51.8 Å². The Hall–Kier alpha value is -5.23. The molecule has 0 atom stereocenters. The maximum Gasteiger partial charge on any atom is 0.408 e. The van der Waals surface area contributed by atoms with Crippen molar-refractivity contribution in [3.63, 3.8) is 0 Å². The Kier molecular flexibility index (Phi) is 9.90. The lowest BCUT2D eigenvalue weighted by atomic mass is 10.1. The van der Waals surface area contributed by atoms with E-state index in [-0.39, 0.29) is 29.0 Å². The topological polar surface area (TPSA) is 156 Å². The normalized spacial score (nSPS) is 12.6. The van der Waals surface area contributed by atoms with E-state index in [2.05, 4.69) is 22.0 Å². The van der Waals surface area contributed by atoms with E-state index in [1.807, 2.05) is 49.4 Å². The van der Waals surface area contributed by atoms with Gasteiger partial charge in [0, 0.05) is 17.8 Å². The number of nitrogens with two attached hydrogens (primary N) is 1. The van der Waals surface area contributed by atoms with E-state index in [9.17, 15) is 19.2 Å². The molecule has 0 saturated heterocycles. The lowest BCUT2D eigenvalue weighted by Gasteiger charge is -2.20. The van der Waals surface area contributed by atoms with Gasteiger partial charge < -0.3 is 26.4 Å². The maximum absolute atomic E-state index is 13.7. The molecule has 1 fully saturated rings. The number of amides is 5. The standard InChI is InChI=1S/C35H38N6O5S/c1-21-13-14-24(23-15-16-23)18-27(21)41(32(36)44)33-40-29(30(47-33)31(43)37-19-22-9-6-5-7-10-22)25-11-8-12-26(17-25)39-28(42)20-38-34(45)46-35(2,3)4/h5-14,17-18,23H,15-16,19-20H2,1-4H3,(H2,36,44)(H,37,43)(H,38,45)(H,39,42). The molecule has 1 aromatic heterocycles. The van der Waals surface area contributed by atoms with Crippen LogP contribution in [0.3, 0.4) is 0 Å². The first-order chi connectivity index (χ1) is 22.4. The van der Waals surface area contributed by atoms with Crippen LogP contribution < -0.4 is 26.6 Å². The second kappa shape index (κ2) is 14.0. The number of rotatable bonds is 10. The summed E-state index contributed by atoms with van der Waals surface area (Å²) in [5, 5.41) is 8.38. The average molecular weight is 655 g/mol. The predicted molar refractivity (Wildman–Crippen MR) is 183 cm³/mol. The molecule has 0 unspecified atom stereocenters. The van der Waals surface area contributed by atoms with Gasteiger partial charge in [0.2, 0.25) is 5.91 Å². The molecule has 5 amide bonds. The van der Waals surface area contributed by atoms with E-state index in [4.69, 9.17) is 15.5 Å². The van der Waals surface area contributed by atoms with Gasteiger partial charge in [0.25, 0.3) is 5.91 Å². The number of anilines is 3. The summed E-state index contributed by atoms with van der Waals surface area (Å²) >= 11 is 1.06. The van der Waals surface area contributed by atoms with E-state index >= 15 is 0 Å². The Morgan fingerprint density at radius 2 is 1.72 bits per heavy atom. The van der Waals surface area contributed by atoms with Gasteiger partial charge in [0.15, 0.2) is 5.13 Å². The van der Waals surface area contributed by atoms with Crippen LogP contribution in [-0.2, 0) is 16.1 Å². The minimum Gasteiger partial charge on any atom is -0.444 e. The van der Waals surface area contributed by atoms with Crippen molar-refractivity contribution < 1.29 is 23.9 Å². The zero-order valence-corrected chi connectivity index (χ0v) is 27.6. The highest BCUT2D eigenvalue weighted by atomic mass is 32.1. The van der Waals surface area contributed by atoms with Crippen LogP contribution in [0, 0.1) is 6.92 Å². The van der Waals surface area contributed by atoms with Crippen molar-refractivity contribution in [3.8, 4) is 11.3 Å². The van der Waals surface area contributed by atoms with Crippen LogP contribution in [-0.4, -0.2) is 41.1 Å².